The molecular weight excluding hydrogens is 226 g/mol. The third kappa shape index (κ3) is 3.20. The van der Waals surface area contributed by atoms with Gasteiger partial charge in [0, 0.05) is 10.4 Å². The lowest BCUT2D eigenvalue weighted by atomic mass is 10.1. The monoisotopic (exact) mass is 243 g/mol. The minimum absolute atomic E-state index is 0.236. The summed E-state index contributed by atoms with van der Waals surface area (Å²) in [6.45, 7) is 7.77. The Bertz CT molecular complexity index is 340. The van der Waals surface area contributed by atoms with Crippen LogP contribution in [0.4, 0.5) is 0 Å². The van der Waals surface area contributed by atoms with E-state index in [0.717, 1.165) is 22.7 Å². The van der Waals surface area contributed by atoms with Gasteiger partial charge in [0.25, 0.3) is 0 Å². The van der Waals surface area contributed by atoms with Crippen molar-refractivity contribution in [1.29, 1.82) is 0 Å². The Balaban J connectivity index is 1.81. The fourth-order valence-corrected chi connectivity index (χ4v) is 3.05. The first-order chi connectivity index (χ1) is 6.96. The van der Waals surface area contributed by atoms with Crippen molar-refractivity contribution >= 4 is 22.9 Å². The molecule has 0 aromatic carbocycles. The first kappa shape index (κ1) is 11.4. The van der Waals surface area contributed by atoms with E-state index < -0.39 is 0 Å². The normalized spacial score (nSPS) is 25.6. The van der Waals surface area contributed by atoms with Crippen LogP contribution >= 0.6 is 22.9 Å². The lowest BCUT2D eigenvalue weighted by Gasteiger charge is -2.20. The third-order valence-corrected chi connectivity index (χ3v) is 4.14. The second-order valence-corrected chi connectivity index (χ2v) is 7.12. The van der Waals surface area contributed by atoms with E-state index in [0.29, 0.717) is 0 Å². The zero-order valence-corrected chi connectivity index (χ0v) is 11.1. The molecular formula is C12H18ClNS. The first-order valence-corrected chi connectivity index (χ1v) is 6.65. The van der Waals surface area contributed by atoms with Crippen molar-refractivity contribution in [3.05, 3.63) is 21.3 Å². The Morgan fingerprint density at radius 1 is 1.47 bits per heavy atom. The Kier molecular flexibility index (Phi) is 3.11. The van der Waals surface area contributed by atoms with Crippen molar-refractivity contribution in [2.45, 2.75) is 38.6 Å². The number of nitrogens with one attached hydrogen (secondary N) is 1. The molecule has 1 fully saturated rings. The van der Waals surface area contributed by atoms with Gasteiger partial charge in [0.2, 0.25) is 0 Å². The largest absolute Gasteiger partial charge is 0.312 e. The Labute approximate surface area is 101 Å². The van der Waals surface area contributed by atoms with Crippen molar-refractivity contribution in [3.63, 3.8) is 0 Å². The van der Waals surface area contributed by atoms with Gasteiger partial charge >= 0.3 is 0 Å². The molecule has 1 heterocycles. The minimum Gasteiger partial charge on any atom is -0.312 e. The molecule has 15 heavy (non-hydrogen) atoms. The predicted molar refractivity (Wildman–Crippen MR) is 67.9 cm³/mol. The van der Waals surface area contributed by atoms with Crippen LogP contribution in [0.15, 0.2) is 12.1 Å². The van der Waals surface area contributed by atoms with Crippen LogP contribution in [0.1, 0.15) is 38.0 Å². The summed E-state index contributed by atoms with van der Waals surface area (Å²) in [7, 11) is 0. The Morgan fingerprint density at radius 2 is 2.20 bits per heavy atom. The molecule has 1 aromatic rings. The van der Waals surface area contributed by atoms with Crippen LogP contribution in [0.25, 0.3) is 0 Å². The Morgan fingerprint density at radius 3 is 2.73 bits per heavy atom. The van der Waals surface area contributed by atoms with Crippen LogP contribution in [0.2, 0.25) is 4.34 Å². The van der Waals surface area contributed by atoms with E-state index in [1.807, 2.05) is 6.07 Å². The maximum Gasteiger partial charge on any atom is 0.0931 e. The number of halogens is 1. The maximum atomic E-state index is 5.93. The summed E-state index contributed by atoms with van der Waals surface area (Å²) in [6.07, 6.45) is 1.32. The lowest BCUT2D eigenvalue weighted by Crippen LogP contribution is -2.37. The quantitative estimate of drug-likeness (QED) is 0.849. The second-order valence-electron chi connectivity index (χ2n) is 5.38. The average Bonchev–Trinajstić information content (AvgIpc) is 2.77. The zero-order valence-electron chi connectivity index (χ0n) is 9.51. The topological polar surface area (TPSA) is 12.0 Å². The Hall–Kier alpha value is -0.0500. The zero-order chi connectivity index (χ0) is 11.1. The summed E-state index contributed by atoms with van der Waals surface area (Å²) in [5.74, 6) is 1.58. The highest BCUT2D eigenvalue weighted by atomic mass is 35.5. The number of hydrogen-bond donors (Lipinski definition) is 1. The van der Waals surface area contributed by atoms with Crippen molar-refractivity contribution in [3.8, 4) is 0 Å². The van der Waals surface area contributed by atoms with E-state index in [1.54, 1.807) is 11.3 Å². The summed E-state index contributed by atoms with van der Waals surface area (Å²) < 4.78 is 0.916. The van der Waals surface area contributed by atoms with Crippen molar-refractivity contribution in [2.24, 2.45) is 5.92 Å². The molecule has 0 saturated heterocycles. The maximum absolute atomic E-state index is 5.93. The molecule has 1 aliphatic rings. The smallest absolute Gasteiger partial charge is 0.0931 e. The van der Waals surface area contributed by atoms with Gasteiger partial charge in [-0.25, -0.2) is 0 Å². The molecule has 0 aliphatic heterocycles. The molecule has 0 radical (unpaired) electrons. The van der Waals surface area contributed by atoms with Crippen LogP contribution in [0, 0.1) is 5.92 Å². The molecule has 0 spiro atoms. The SMILES string of the molecule is CC(C)(C)NCC1CC1c1ccc(Cl)s1. The van der Waals surface area contributed by atoms with E-state index in [9.17, 15) is 0 Å². The second kappa shape index (κ2) is 4.08. The highest BCUT2D eigenvalue weighted by molar-refractivity contribution is 7.16. The van der Waals surface area contributed by atoms with Gasteiger partial charge in [0.15, 0.2) is 0 Å². The fraction of sp³-hybridized carbons (Fsp3) is 0.667. The molecule has 2 atom stereocenters. The molecule has 2 rings (SSSR count). The fourth-order valence-electron chi connectivity index (χ4n) is 1.79. The van der Waals surface area contributed by atoms with Crippen molar-refractivity contribution in [2.75, 3.05) is 6.54 Å². The van der Waals surface area contributed by atoms with Gasteiger partial charge in [-0.15, -0.1) is 11.3 Å². The van der Waals surface area contributed by atoms with Crippen LogP contribution in [0.5, 0.6) is 0 Å². The molecule has 0 bridgehead atoms. The number of rotatable bonds is 3. The van der Waals surface area contributed by atoms with Crippen LogP contribution in [0.3, 0.4) is 0 Å². The van der Waals surface area contributed by atoms with E-state index in [2.05, 4.69) is 32.2 Å². The highest BCUT2D eigenvalue weighted by Crippen LogP contribution is 2.49. The average molecular weight is 244 g/mol. The van der Waals surface area contributed by atoms with Gasteiger partial charge in [-0.05, 0) is 57.7 Å². The third-order valence-electron chi connectivity index (χ3n) is 2.78. The standard InChI is InChI=1S/C12H18ClNS/c1-12(2,3)14-7-8-6-9(8)10-4-5-11(13)15-10/h4-5,8-9,14H,6-7H2,1-3H3. The number of thiophene rings is 1. The van der Waals surface area contributed by atoms with Crippen molar-refractivity contribution < 1.29 is 0 Å². The molecule has 1 saturated carbocycles. The molecule has 3 heteroatoms. The van der Waals surface area contributed by atoms with E-state index in [4.69, 9.17) is 11.6 Å². The predicted octanol–water partition coefficient (Wildman–Crippen LogP) is 3.89. The van der Waals surface area contributed by atoms with E-state index >= 15 is 0 Å². The van der Waals surface area contributed by atoms with Gasteiger partial charge in [0.05, 0.1) is 4.34 Å². The molecule has 1 nitrogen and oxygen atoms in total. The lowest BCUT2D eigenvalue weighted by molar-refractivity contribution is 0.414. The van der Waals surface area contributed by atoms with Crippen LogP contribution < -0.4 is 5.32 Å². The molecule has 1 aliphatic carbocycles. The minimum atomic E-state index is 0.236. The summed E-state index contributed by atoms with van der Waals surface area (Å²) in [6, 6.07) is 4.18. The van der Waals surface area contributed by atoms with E-state index in [-0.39, 0.29) is 5.54 Å². The summed E-state index contributed by atoms with van der Waals surface area (Å²) in [5, 5.41) is 3.56. The molecule has 0 amide bonds. The first-order valence-electron chi connectivity index (χ1n) is 5.46. The molecule has 84 valence electrons. The number of hydrogen-bond acceptors (Lipinski definition) is 2. The van der Waals surface area contributed by atoms with E-state index in [1.165, 1.54) is 11.3 Å². The highest BCUT2D eigenvalue weighted by Gasteiger charge is 2.39. The molecule has 2 unspecified atom stereocenters. The van der Waals surface area contributed by atoms with Crippen LogP contribution in [-0.4, -0.2) is 12.1 Å². The van der Waals surface area contributed by atoms with Crippen molar-refractivity contribution in [1.82, 2.24) is 5.32 Å². The summed E-state index contributed by atoms with van der Waals surface area (Å²) in [4.78, 5) is 1.46. The van der Waals surface area contributed by atoms with Gasteiger partial charge < -0.3 is 5.32 Å². The van der Waals surface area contributed by atoms with Gasteiger partial charge in [-0.1, -0.05) is 11.6 Å². The van der Waals surface area contributed by atoms with Gasteiger partial charge in [-0.2, -0.15) is 0 Å². The summed E-state index contributed by atoms with van der Waals surface area (Å²) >= 11 is 7.67. The summed E-state index contributed by atoms with van der Waals surface area (Å²) in [5.41, 5.74) is 0.236. The van der Waals surface area contributed by atoms with Crippen LogP contribution in [-0.2, 0) is 0 Å². The van der Waals surface area contributed by atoms with Gasteiger partial charge in [-0.3, -0.25) is 0 Å². The molecule has 1 aromatic heterocycles. The van der Waals surface area contributed by atoms with Gasteiger partial charge in [0.1, 0.15) is 0 Å². The molecule has 1 N–H and O–H groups in total.